The number of methoxy groups -OCH3 is 1. The quantitative estimate of drug-likeness (QED) is 0.449. The molecule has 1 amide bonds. The molecule has 2 N–H and O–H groups in total. The van der Waals surface area contributed by atoms with E-state index in [1.54, 1.807) is 31.6 Å². The summed E-state index contributed by atoms with van der Waals surface area (Å²) in [5, 5.41) is 6.21. The predicted octanol–water partition coefficient (Wildman–Crippen LogP) is 4.35. The number of hydrogen-bond donors (Lipinski definition) is 2. The summed E-state index contributed by atoms with van der Waals surface area (Å²) in [7, 11) is 5.25. The number of ether oxygens (including phenoxy) is 2. The van der Waals surface area contributed by atoms with Crippen LogP contribution in [0.1, 0.15) is 29.8 Å². The summed E-state index contributed by atoms with van der Waals surface area (Å²) in [5.41, 5.74) is 3.15. The number of piperazine rings is 1. The zero-order chi connectivity index (χ0) is 26.5. The maximum atomic E-state index is 12.1. The Morgan fingerprint density at radius 3 is 2.35 bits per heavy atom. The zero-order valence-electron chi connectivity index (χ0n) is 21.8. The number of amides is 1. The third kappa shape index (κ3) is 6.23. The van der Waals surface area contributed by atoms with Crippen LogP contribution < -0.4 is 25.0 Å². The van der Waals surface area contributed by atoms with E-state index in [0.717, 1.165) is 18.8 Å². The normalized spacial score (nSPS) is 17.8. The van der Waals surface area contributed by atoms with Crippen LogP contribution in [0.15, 0.2) is 48.8 Å². The smallest absolute Gasteiger partial charge is 0.251 e. The lowest BCUT2D eigenvalue weighted by atomic mass is 10.1. The number of likely N-dealkylation sites (N-methyl/N-ethyl adjacent to an activating group) is 1. The first-order valence-corrected chi connectivity index (χ1v) is 12.5. The molecule has 0 bridgehead atoms. The summed E-state index contributed by atoms with van der Waals surface area (Å²) in [6, 6.07) is 12.6. The number of benzene rings is 2. The summed E-state index contributed by atoms with van der Waals surface area (Å²) >= 11 is 6.41. The summed E-state index contributed by atoms with van der Waals surface area (Å²) in [4.78, 5) is 25.6. The van der Waals surface area contributed by atoms with Gasteiger partial charge >= 0.3 is 0 Å². The molecule has 2 heterocycles. The van der Waals surface area contributed by atoms with Crippen molar-refractivity contribution in [2.45, 2.75) is 32.5 Å². The topological polar surface area (TPSA) is 91.8 Å². The van der Waals surface area contributed by atoms with E-state index >= 15 is 0 Å². The number of anilines is 3. The van der Waals surface area contributed by atoms with E-state index in [-0.39, 0.29) is 12.5 Å². The fourth-order valence-corrected chi connectivity index (χ4v) is 4.54. The lowest BCUT2D eigenvalue weighted by Gasteiger charge is -2.43. The van der Waals surface area contributed by atoms with Crippen molar-refractivity contribution >= 4 is 34.8 Å². The Hall–Kier alpha value is -3.56. The molecule has 0 saturated carbocycles. The van der Waals surface area contributed by atoms with Gasteiger partial charge in [0.25, 0.3) is 5.91 Å². The van der Waals surface area contributed by atoms with Crippen molar-refractivity contribution in [3.63, 3.8) is 0 Å². The van der Waals surface area contributed by atoms with Gasteiger partial charge < -0.3 is 25.0 Å². The highest BCUT2D eigenvalue weighted by atomic mass is 35.5. The minimum Gasteiger partial charge on any atom is -0.495 e. The van der Waals surface area contributed by atoms with E-state index < -0.39 is 0 Å². The molecule has 0 spiro atoms. The number of halogens is 1. The number of rotatable bonds is 8. The number of nitrogens with zero attached hydrogens (tertiary/aromatic N) is 4. The van der Waals surface area contributed by atoms with Crippen LogP contribution in [0.5, 0.6) is 11.5 Å². The molecule has 2 aromatic carbocycles. The molecule has 10 heteroatoms. The van der Waals surface area contributed by atoms with Gasteiger partial charge in [0, 0.05) is 54.7 Å². The van der Waals surface area contributed by atoms with Crippen LogP contribution in [0.25, 0.3) is 0 Å². The Bertz CT molecular complexity index is 1210. The Labute approximate surface area is 222 Å². The van der Waals surface area contributed by atoms with Crippen molar-refractivity contribution in [1.82, 2.24) is 20.2 Å². The average molecular weight is 525 g/mol. The number of nitrogens with one attached hydrogen (secondary N) is 2. The summed E-state index contributed by atoms with van der Waals surface area (Å²) in [6.07, 6.45) is 3.18. The highest BCUT2D eigenvalue weighted by Crippen LogP contribution is 2.31. The first kappa shape index (κ1) is 26.5. The molecule has 9 nitrogen and oxygen atoms in total. The second-order valence-electron chi connectivity index (χ2n) is 9.20. The number of carbonyl (C=O) groups is 1. The Morgan fingerprint density at radius 1 is 1.11 bits per heavy atom. The molecule has 0 radical (unpaired) electrons. The predicted molar refractivity (Wildman–Crippen MR) is 146 cm³/mol. The maximum absolute atomic E-state index is 12.1. The van der Waals surface area contributed by atoms with Gasteiger partial charge in [-0.1, -0.05) is 11.6 Å². The van der Waals surface area contributed by atoms with Crippen LogP contribution in [-0.2, 0) is 6.61 Å². The van der Waals surface area contributed by atoms with E-state index in [9.17, 15) is 4.79 Å². The molecule has 3 aromatic rings. The van der Waals surface area contributed by atoms with Gasteiger partial charge in [0.2, 0.25) is 5.95 Å². The maximum Gasteiger partial charge on any atom is 0.251 e. The molecule has 1 saturated heterocycles. The van der Waals surface area contributed by atoms with Gasteiger partial charge in [-0.25, -0.2) is 9.97 Å². The monoisotopic (exact) mass is 524 g/mol. The van der Waals surface area contributed by atoms with Crippen LogP contribution in [-0.4, -0.2) is 67.2 Å². The Balaban J connectivity index is 1.37. The van der Waals surface area contributed by atoms with E-state index in [1.165, 1.54) is 12.8 Å². The minimum absolute atomic E-state index is 0.126. The molecule has 37 heavy (non-hydrogen) atoms. The van der Waals surface area contributed by atoms with Crippen LogP contribution in [0.4, 0.5) is 17.3 Å². The molecule has 1 aliphatic rings. The first-order valence-electron chi connectivity index (χ1n) is 12.2. The molecular weight excluding hydrogens is 492 g/mol. The molecule has 4 rings (SSSR count). The largest absolute Gasteiger partial charge is 0.495 e. The van der Waals surface area contributed by atoms with E-state index in [4.69, 9.17) is 21.1 Å². The third-order valence-corrected chi connectivity index (χ3v) is 7.12. The van der Waals surface area contributed by atoms with Crippen molar-refractivity contribution in [3.8, 4) is 11.5 Å². The van der Waals surface area contributed by atoms with Gasteiger partial charge in [-0.2, -0.15) is 0 Å². The molecule has 0 unspecified atom stereocenters. The minimum atomic E-state index is -0.240. The molecule has 2 atom stereocenters. The lowest BCUT2D eigenvalue weighted by molar-refractivity contribution is 0.0962. The molecule has 1 aliphatic heterocycles. The zero-order valence-corrected chi connectivity index (χ0v) is 22.5. The van der Waals surface area contributed by atoms with Gasteiger partial charge in [0.1, 0.15) is 12.4 Å². The van der Waals surface area contributed by atoms with Gasteiger partial charge in [-0.3, -0.25) is 9.69 Å². The second kappa shape index (κ2) is 11.7. The van der Waals surface area contributed by atoms with Gasteiger partial charge in [0.15, 0.2) is 5.75 Å². The van der Waals surface area contributed by atoms with E-state index in [2.05, 4.69) is 63.4 Å². The Morgan fingerprint density at radius 2 is 1.76 bits per heavy atom. The number of aromatic nitrogens is 2. The first-order chi connectivity index (χ1) is 17.8. The van der Waals surface area contributed by atoms with Crippen molar-refractivity contribution < 1.29 is 14.3 Å². The van der Waals surface area contributed by atoms with Gasteiger partial charge in [-0.15, -0.1) is 0 Å². The fraction of sp³-hybridized carbons (Fsp3) is 0.370. The molecule has 1 aromatic heterocycles. The van der Waals surface area contributed by atoms with Crippen molar-refractivity contribution in [3.05, 3.63) is 64.9 Å². The van der Waals surface area contributed by atoms with Gasteiger partial charge in [-0.05, 0) is 57.3 Å². The number of hydrogen-bond acceptors (Lipinski definition) is 8. The van der Waals surface area contributed by atoms with E-state index in [1.807, 2.05) is 12.1 Å². The second-order valence-corrected chi connectivity index (χ2v) is 9.58. The SMILES string of the molecule is CNC(=O)c1cc(COc2cnc(Nc3ccc(N4C[C@@H](C)N(C)[C@@H](C)C4)cc3)nc2)c(Cl)c(OC)c1. The van der Waals surface area contributed by atoms with Crippen LogP contribution in [0.2, 0.25) is 5.02 Å². The Kier molecular flexibility index (Phi) is 8.35. The third-order valence-electron chi connectivity index (χ3n) is 6.69. The average Bonchev–Trinajstić information content (AvgIpc) is 2.91. The lowest BCUT2D eigenvalue weighted by Crippen LogP contribution is -2.55. The number of carbonyl (C=O) groups excluding carboxylic acids is 1. The van der Waals surface area contributed by atoms with Crippen molar-refractivity contribution in [2.24, 2.45) is 0 Å². The van der Waals surface area contributed by atoms with Crippen molar-refractivity contribution in [1.29, 1.82) is 0 Å². The molecule has 1 fully saturated rings. The van der Waals surface area contributed by atoms with Gasteiger partial charge in [0.05, 0.1) is 24.5 Å². The summed E-state index contributed by atoms with van der Waals surface area (Å²) in [5.74, 6) is 1.10. The molecule has 196 valence electrons. The highest BCUT2D eigenvalue weighted by Gasteiger charge is 2.26. The molecule has 0 aliphatic carbocycles. The standard InChI is InChI=1S/C27H33ClN6O3/c1-17-14-34(15-18(2)33(17)4)22-8-6-21(7-9-22)32-27-30-12-23(13-31-27)37-16-20-10-19(26(35)29-3)11-24(36-5)25(20)28/h6-13,17-18H,14-16H2,1-5H3,(H,29,35)(H,30,31,32)/t17-,18+. The van der Waals surface area contributed by atoms with Crippen molar-refractivity contribution in [2.75, 3.05) is 44.5 Å². The molecular formula is C27H33ClN6O3. The summed E-state index contributed by atoms with van der Waals surface area (Å²) < 4.78 is 11.1. The van der Waals surface area contributed by atoms with Crippen LogP contribution in [0.3, 0.4) is 0 Å². The van der Waals surface area contributed by atoms with Crippen LogP contribution in [0, 0.1) is 0 Å². The summed E-state index contributed by atoms with van der Waals surface area (Å²) in [6.45, 7) is 6.66. The van der Waals surface area contributed by atoms with E-state index in [0.29, 0.717) is 45.7 Å². The highest BCUT2D eigenvalue weighted by molar-refractivity contribution is 6.33. The fourth-order valence-electron chi connectivity index (χ4n) is 4.30. The van der Waals surface area contributed by atoms with Crippen LogP contribution >= 0.6 is 11.6 Å².